The molecule has 2 aromatic rings. The minimum Gasteiger partial charge on any atom is -0.390 e. The lowest BCUT2D eigenvalue weighted by Gasteiger charge is -2.06. The number of nitrogens with two attached hydrogens (primary N) is 1. The Morgan fingerprint density at radius 2 is 1.75 bits per heavy atom. The van der Waals surface area contributed by atoms with Gasteiger partial charge in [0, 0.05) is 5.69 Å². The molecule has 0 bridgehead atoms. The van der Waals surface area contributed by atoms with Gasteiger partial charge in [-0.25, -0.2) is 0 Å². The van der Waals surface area contributed by atoms with E-state index >= 15 is 0 Å². The Bertz CT molecular complexity index is 672. The molecular formula is C15H16N2O2S. The second-order valence-corrected chi connectivity index (χ2v) is 5.72. The van der Waals surface area contributed by atoms with Gasteiger partial charge >= 0.3 is 0 Å². The number of amides is 1. The zero-order valence-corrected chi connectivity index (χ0v) is 12.4. The number of hydrogen-bond acceptors (Lipinski definition) is 4. The Labute approximate surface area is 121 Å². The summed E-state index contributed by atoms with van der Waals surface area (Å²) in [5.41, 5.74) is 8.72. The van der Waals surface area contributed by atoms with Gasteiger partial charge in [-0.3, -0.25) is 9.59 Å². The second kappa shape index (κ2) is 5.46. The first-order chi connectivity index (χ1) is 9.40. The topological polar surface area (TPSA) is 72.2 Å². The summed E-state index contributed by atoms with van der Waals surface area (Å²) in [5, 5.41) is 3.17. The van der Waals surface area contributed by atoms with Crippen molar-refractivity contribution < 1.29 is 9.59 Å². The van der Waals surface area contributed by atoms with Crippen LogP contribution >= 0.6 is 11.3 Å². The van der Waals surface area contributed by atoms with Gasteiger partial charge in [-0.05, 0) is 38.5 Å². The third-order valence-corrected chi connectivity index (χ3v) is 4.25. The Morgan fingerprint density at radius 3 is 2.25 bits per heavy atom. The van der Waals surface area contributed by atoms with Crippen LogP contribution in [0.1, 0.15) is 38.1 Å². The van der Waals surface area contributed by atoms with Crippen LogP contribution in [-0.2, 0) is 0 Å². The van der Waals surface area contributed by atoms with Gasteiger partial charge in [0.05, 0.1) is 15.4 Å². The van der Waals surface area contributed by atoms with Crippen molar-refractivity contribution in [3.05, 3.63) is 45.8 Å². The molecule has 0 saturated heterocycles. The maximum absolute atomic E-state index is 12.3. The number of hydrogen-bond donors (Lipinski definition) is 2. The largest absolute Gasteiger partial charge is 0.390 e. The lowest BCUT2D eigenvalue weighted by atomic mass is 10.1. The van der Waals surface area contributed by atoms with Crippen LogP contribution in [0.4, 0.5) is 10.7 Å². The molecular weight excluding hydrogens is 272 g/mol. The van der Waals surface area contributed by atoms with Crippen molar-refractivity contribution in [3.63, 3.8) is 0 Å². The van der Waals surface area contributed by atoms with Crippen LogP contribution in [0.5, 0.6) is 0 Å². The molecule has 4 nitrogen and oxygen atoms in total. The molecule has 1 aromatic carbocycles. The summed E-state index contributed by atoms with van der Waals surface area (Å²) in [6, 6.07) is 7.49. The van der Waals surface area contributed by atoms with Gasteiger partial charge in [0.25, 0.3) is 5.91 Å². The standard InChI is InChI=1S/C15H16N2O2S/c1-8-4-6-11(7-5-8)17-15(19)12-9(2)13(10(3)18)20-14(12)16/h4-7H,16H2,1-3H3,(H,17,19). The Balaban J connectivity index is 2.30. The molecule has 3 N–H and O–H groups in total. The van der Waals surface area contributed by atoms with Crippen molar-refractivity contribution in [1.82, 2.24) is 0 Å². The molecule has 1 heterocycles. The number of Topliss-reactive ketones (excluding diaryl/α,β-unsaturated/α-hetero) is 1. The quantitative estimate of drug-likeness (QED) is 0.850. The van der Waals surface area contributed by atoms with Crippen molar-refractivity contribution in [1.29, 1.82) is 0 Å². The molecule has 1 aromatic heterocycles. The zero-order chi connectivity index (χ0) is 14.9. The van der Waals surface area contributed by atoms with Crippen LogP contribution in [0.2, 0.25) is 0 Å². The molecule has 0 aliphatic heterocycles. The van der Waals surface area contributed by atoms with E-state index in [1.54, 1.807) is 6.92 Å². The molecule has 0 aliphatic rings. The zero-order valence-electron chi connectivity index (χ0n) is 11.6. The van der Waals surface area contributed by atoms with E-state index < -0.39 is 0 Å². The first-order valence-corrected chi connectivity index (χ1v) is 6.99. The second-order valence-electron chi connectivity index (χ2n) is 4.67. The van der Waals surface area contributed by atoms with Crippen LogP contribution in [0.25, 0.3) is 0 Å². The monoisotopic (exact) mass is 288 g/mol. The van der Waals surface area contributed by atoms with E-state index in [1.807, 2.05) is 31.2 Å². The molecule has 2 rings (SSSR count). The van der Waals surface area contributed by atoms with Crippen molar-refractivity contribution in [2.45, 2.75) is 20.8 Å². The van der Waals surface area contributed by atoms with Gasteiger partial charge in [0.1, 0.15) is 0 Å². The van der Waals surface area contributed by atoms with Crippen LogP contribution in [0.3, 0.4) is 0 Å². The fourth-order valence-corrected chi connectivity index (χ4v) is 2.95. The molecule has 0 spiro atoms. The van der Waals surface area contributed by atoms with Crippen LogP contribution in [0, 0.1) is 13.8 Å². The number of aryl methyl sites for hydroxylation is 1. The third-order valence-electron chi connectivity index (χ3n) is 3.03. The minimum atomic E-state index is -0.285. The van der Waals surface area contributed by atoms with Crippen LogP contribution in [-0.4, -0.2) is 11.7 Å². The van der Waals surface area contributed by atoms with E-state index in [-0.39, 0.29) is 11.7 Å². The predicted molar refractivity (Wildman–Crippen MR) is 82.6 cm³/mol. The van der Waals surface area contributed by atoms with Crippen LogP contribution in [0.15, 0.2) is 24.3 Å². The maximum atomic E-state index is 12.3. The number of nitrogen functional groups attached to an aromatic ring is 1. The Kier molecular flexibility index (Phi) is 3.90. The molecule has 0 atom stereocenters. The molecule has 1 amide bonds. The highest BCUT2D eigenvalue weighted by molar-refractivity contribution is 7.18. The summed E-state index contributed by atoms with van der Waals surface area (Å²) in [5.74, 6) is -0.360. The molecule has 0 radical (unpaired) electrons. The van der Waals surface area contributed by atoms with Gasteiger partial charge in [-0.2, -0.15) is 0 Å². The lowest BCUT2D eigenvalue weighted by molar-refractivity contribution is 0.102. The first-order valence-electron chi connectivity index (χ1n) is 6.18. The highest BCUT2D eigenvalue weighted by Crippen LogP contribution is 2.31. The summed E-state index contributed by atoms with van der Waals surface area (Å²) in [6.07, 6.45) is 0. The SMILES string of the molecule is CC(=O)c1sc(N)c(C(=O)Nc2ccc(C)cc2)c1C. The van der Waals surface area contributed by atoms with Crippen molar-refractivity contribution in [3.8, 4) is 0 Å². The maximum Gasteiger partial charge on any atom is 0.258 e. The summed E-state index contributed by atoms with van der Waals surface area (Å²) in [6.45, 7) is 5.19. The van der Waals surface area contributed by atoms with Crippen molar-refractivity contribution >= 4 is 33.7 Å². The molecule has 0 fully saturated rings. The summed E-state index contributed by atoms with van der Waals surface area (Å²) >= 11 is 1.16. The number of thiophene rings is 1. The summed E-state index contributed by atoms with van der Waals surface area (Å²) in [7, 11) is 0. The van der Waals surface area contributed by atoms with E-state index in [0.29, 0.717) is 26.7 Å². The van der Waals surface area contributed by atoms with E-state index in [2.05, 4.69) is 5.32 Å². The minimum absolute atomic E-state index is 0.0754. The molecule has 104 valence electrons. The third kappa shape index (κ3) is 2.72. The van der Waals surface area contributed by atoms with Crippen molar-refractivity contribution in [2.24, 2.45) is 0 Å². The number of carbonyl (C=O) groups is 2. The number of nitrogens with one attached hydrogen (secondary N) is 1. The fourth-order valence-electron chi connectivity index (χ4n) is 1.98. The highest BCUT2D eigenvalue weighted by Gasteiger charge is 2.21. The van der Waals surface area contributed by atoms with E-state index in [4.69, 9.17) is 5.73 Å². The average Bonchev–Trinajstić information content (AvgIpc) is 2.68. The van der Waals surface area contributed by atoms with E-state index in [9.17, 15) is 9.59 Å². The van der Waals surface area contributed by atoms with Gasteiger partial charge in [-0.15, -0.1) is 11.3 Å². The Hall–Kier alpha value is -2.14. The molecule has 0 saturated carbocycles. The predicted octanol–water partition coefficient (Wildman–Crippen LogP) is 3.40. The lowest BCUT2D eigenvalue weighted by Crippen LogP contribution is -2.14. The number of benzene rings is 1. The average molecular weight is 288 g/mol. The van der Waals surface area contributed by atoms with Crippen molar-refractivity contribution in [2.75, 3.05) is 11.1 Å². The fraction of sp³-hybridized carbons (Fsp3) is 0.200. The normalized spacial score (nSPS) is 10.3. The Morgan fingerprint density at radius 1 is 1.15 bits per heavy atom. The molecule has 0 aliphatic carbocycles. The number of anilines is 2. The highest BCUT2D eigenvalue weighted by atomic mass is 32.1. The first kappa shape index (κ1) is 14.3. The molecule has 0 unspecified atom stereocenters. The number of rotatable bonds is 3. The van der Waals surface area contributed by atoms with Gasteiger partial charge in [0.2, 0.25) is 0 Å². The van der Waals surface area contributed by atoms with Gasteiger partial charge in [0.15, 0.2) is 5.78 Å². The molecule has 5 heteroatoms. The number of carbonyl (C=O) groups excluding carboxylic acids is 2. The smallest absolute Gasteiger partial charge is 0.258 e. The molecule has 20 heavy (non-hydrogen) atoms. The summed E-state index contributed by atoms with van der Waals surface area (Å²) in [4.78, 5) is 24.3. The summed E-state index contributed by atoms with van der Waals surface area (Å²) < 4.78 is 0. The van der Waals surface area contributed by atoms with Gasteiger partial charge < -0.3 is 11.1 Å². The van der Waals surface area contributed by atoms with E-state index in [1.165, 1.54) is 6.92 Å². The van der Waals surface area contributed by atoms with Gasteiger partial charge in [-0.1, -0.05) is 17.7 Å². The number of ketones is 1. The van der Waals surface area contributed by atoms with Crippen LogP contribution < -0.4 is 11.1 Å². The van der Waals surface area contributed by atoms with E-state index in [0.717, 1.165) is 16.9 Å².